The average Bonchev–Trinajstić information content (AvgIpc) is 2.78. The van der Waals surface area contributed by atoms with Gasteiger partial charge >= 0.3 is 0 Å². The van der Waals surface area contributed by atoms with Crippen LogP contribution < -0.4 is 20.3 Å². The molecule has 1 aliphatic rings. The van der Waals surface area contributed by atoms with Gasteiger partial charge in [0.15, 0.2) is 0 Å². The Kier molecular flexibility index (Phi) is 7.68. The van der Waals surface area contributed by atoms with Gasteiger partial charge in [-0.2, -0.15) is 0 Å². The largest absolute Gasteiger partial charge is 0.497 e. The third kappa shape index (κ3) is 6.22. The first kappa shape index (κ1) is 21.6. The quantitative estimate of drug-likeness (QED) is 0.655. The molecular weight excluding hydrogens is 380 g/mol. The summed E-state index contributed by atoms with van der Waals surface area (Å²) in [5.74, 6) is 0.499. The van der Waals surface area contributed by atoms with Gasteiger partial charge in [0.25, 0.3) is 5.91 Å². The van der Waals surface area contributed by atoms with E-state index in [1.54, 1.807) is 31.4 Å². The molecule has 7 heteroatoms. The fourth-order valence-electron chi connectivity index (χ4n) is 3.34. The molecule has 0 spiro atoms. The summed E-state index contributed by atoms with van der Waals surface area (Å²) in [5.41, 5.74) is 2.54. The highest BCUT2D eigenvalue weighted by molar-refractivity contribution is 5.94. The molecule has 0 saturated carbocycles. The molecule has 3 rings (SSSR count). The van der Waals surface area contributed by atoms with Crippen molar-refractivity contribution in [3.63, 3.8) is 0 Å². The predicted octanol–water partition coefficient (Wildman–Crippen LogP) is 2.60. The Balaban J connectivity index is 1.36. The molecule has 2 aromatic carbocycles. The van der Waals surface area contributed by atoms with Crippen LogP contribution in [0.1, 0.15) is 23.2 Å². The van der Waals surface area contributed by atoms with Gasteiger partial charge in [0.1, 0.15) is 5.75 Å². The van der Waals surface area contributed by atoms with Crippen LogP contribution in [0.25, 0.3) is 0 Å². The molecule has 2 aromatic rings. The monoisotopic (exact) mass is 410 g/mol. The van der Waals surface area contributed by atoms with E-state index in [4.69, 9.17) is 4.74 Å². The highest BCUT2D eigenvalue weighted by Gasteiger charge is 2.14. The van der Waals surface area contributed by atoms with E-state index in [1.165, 1.54) is 5.69 Å². The Morgan fingerprint density at radius 3 is 2.27 bits per heavy atom. The third-order valence-corrected chi connectivity index (χ3v) is 5.24. The molecule has 0 bridgehead atoms. The minimum Gasteiger partial charge on any atom is -0.497 e. The number of hydrogen-bond donors (Lipinski definition) is 2. The van der Waals surface area contributed by atoms with Crippen LogP contribution in [0, 0.1) is 0 Å². The number of piperazine rings is 1. The van der Waals surface area contributed by atoms with Gasteiger partial charge in [-0.05, 0) is 62.0 Å². The number of hydrogen-bond acceptors (Lipinski definition) is 5. The Morgan fingerprint density at radius 2 is 1.63 bits per heavy atom. The maximum atomic E-state index is 12.2. The molecule has 2 N–H and O–H groups in total. The Morgan fingerprint density at radius 1 is 0.967 bits per heavy atom. The van der Waals surface area contributed by atoms with Crippen molar-refractivity contribution in [2.45, 2.75) is 12.8 Å². The zero-order chi connectivity index (χ0) is 21.3. The van der Waals surface area contributed by atoms with Crippen molar-refractivity contribution < 1.29 is 14.3 Å². The smallest absolute Gasteiger partial charge is 0.251 e. The van der Waals surface area contributed by atoms with Crippen molar-refractivity contribution in [3.05, 3.63) is 54.1 Å². The molecule has 0 atom stereocenters. The van der Waals surface area contributed by atoms with E-state index in [0.717, 1.165) is 31.9 Å². The van der Waals surface area contributed by atoms with Crippen LogP contribution in [0.2, 0.25) is 0 Å². The number of carbonyl (C=O) groups is 2. The number of methoxy groups -OCH3 is 1. The van der Waals surface area contributed by atoms with Gasteiger partial charge < -0.3 is 25.2 Å². The molecule has 1 heterocycles. The van der Waals surface area contributed by atoms with Crippen LogP contribution in [-0.4, -0.2) is 63.6 Å². The number of amides is 2. The second-order valence-electron chi connectivity index (χ2n) is 7.47. The zero-order valence-electron chi connectivity index (χ0n) is 17.7. The van der Waals surface area contributed by atoms with Crippen molar-refractivity contribution in [2.24, 2.45) is 0 Å². The van der Waals surface area contributed by atoms with Gasteiger partial charge in [-0.1, -0.05) is 0 Å². The Labute approximate surface area is 178 Å². The number of anilines is 2. The van der Waals surface area contributed by atoms with E-state index in [2.05, 4.69) is 39.6 Å². The SMILES string of the molecule is COc1ccc(C(=O)NCCCC(=O)Nc2ccc(N3CCN(C)CC3)cc2)cc1. The van der Waals surface area contributed by atoms with E-state index in [9.17, 15) is 9.59 Å². The number of carbonyl (C=O) groups excluding carboxylic acids is 2. The minimum absolute atomic E-state index is 0.0546. The number of likely N-dealkylation sites (N-methyl/N-ethyl adjacent to an activating group) is 1. The minimum atomic E-state index is -0.155. The normalized spacial score (nSPS) is 14.3. The third-order valence-electron chi connectivity index (χ3n) is 5.24. The number of benzene rings is 2. The van der Waals surface area contributed by atoms with Crippen molar-refractivity contribution in [1.82, 2.24) is 10.2 Å². The number of nitrogens with zero attached hydrogens (tertiary/aromatic N) is 2. The maximum Gasteiger partial charge on any atom is 0.251 e. The molecule has 0 radical (unpaired) electrons. The molecular formula is C23H30N4O3. The lowest BCUT2D eigenvalue weighted by molar-refractivity contribution is -0.116. The fourth-order valence-corrected chi connectivity index (χ4v) is 3.34. The van der Waals surface area contributed by atoms with Crippen molar-refractivity contribution in [2.75, 3.05) is 57.1 Å². The first-order valence-electron chi connectivity index (χ1n) is 10.3. The van der Waals surface area contributed by atoms with Gasteiger partial charge in [-0.3, -0.25) is 9.59 Å². The van der Waals surface area contributed by atoms with Gasteiger partial charge in [0, 0.05) is 56.1 Å². The molecule has 0 aromatic heterocycles. The molecule has 30 heavy (non-hydrogen) atoms. The highest BCUT2D eigenvalue weighted by atomic mass is 16.5. The lowest BCUT2D eigenvalue weighted by Crippen LogP contribution is -2.44. The second-order valence-corrected chi connectivity index (χ2v) is 7.47. The maximum absolute atomic E-state index is 12.2. The zero-order valence-corrected chi connectivity index (χ0v) is 17.7. The summed E-state index contributed by atoms with van der Waals surface area (Å²) in [4.78, 5) is 29.0. The number of rotatable bonds is 8. The lowest BCUT2D eigenvalue weighted by Gasteiger charge is -2.34. The van der Waals surface area contributed by atoms with Crippen LogP contribution >= 0.6 is 0 Å². The second kappa shape index (κ2) is 10.6. The van der Waals surface area contributed by atoms with Gasteiger partial charge in [-0.15, -0.1) is 0 Å². The standard InChI is InChI=1S/C23H30N4O3/c1-26-14-16-27(17-15-26)20-9-7-19(8-10-20)25-22(28)4-3-13-24-23(29)18-5-11-21(30-2)12-6-18/h5-12H,3-4,13-17H2,1-2H3,(H,24,29)(H,25,28). The molecule has 160 valence electrons. The highest BCUT2D eigenvalue weighted by Crippen LogP contribution is 2.19. The van der Waals surface area contributed by atoms with E-state index in [1.807, 2.05) is 12.1 Å². The lowest BCUT2D eigenvalue weighted by atomic mass is 10.2. The summed E-state index contributed by atoms with van der Waals surface area (Å²) < 4.78 is 5.08. The topological polar surface area (TPSA) is 73.9 Å². The van der Waals surface area contributed by atoms with Crippen molar-refractivity contribution >= 4 is 23.2 Å². The number of ether oxygens (including phenoxy) is 1. The van der Waals surface area contributed by atoms with E-state index < -0.39 is 0 Å². The van der Waals surface area contributed by atoms with Crippen LogP contribution in [-0.2, 0) is 4.79 Å². The first-order valence-corrected chi connectivity index (χ1v) is 10.3. The summed E-state index contributed by atoms with van der Waals surface area (Å²) in [6.07, 6.45) is 0.927. The van der Waals surface area contributed by atoms with Crippen LogP contribution in [0.3, 0.4) is 0 Å². The molecule has 1 aliphatic heterocycles. The first-order chi connectivity index (χ1) is 14.5. The van der Waals surface area contributed by atoms with E-state index in [-0.39, 0.29) is 11.8 Å². The summed E-state index contributed by atoms with van der Waals surface area (Å²) >= 11 is 0. The van der Waals surface area contributed by atoms with Crippen molar-refractivity contribution in [1.29, 1.82) is 0 Å². The average molecular weight is 411 g/mol. The van der Waals surface area contributed by atoms with Crippen LogP contribution in [0.4, 0.5) is 11.4 Å². The Bertz CT molecular complexity index is 829. The Hall–Kier alpha value is -3.06. The van der Waals surface area contributed by atoms with E-state index >= 15 is 0 Å². The molecule has 7 nitrogen and oxygen atoms in total. The molecule has 1 fully saturated rings. The van der Waals surface area contributed by atoms with E-state index in [0.29, 0.717) is 30.7 Å². The van der Waals surface area contributed by atoms with Crippen LogP contribution in [0.15, 0.2) is 48.5 Å². The summed E-state index contributed by atoms with van der Waals surface area (Å²) in [6.45, 7) is 4.61. The predicted molar refractivity (Wildman–Crippen MR) is 119 cm³/mol. The molecule has 2 amide bonds. The van der Waals surface area contributed by atoms with Gasteiger partial charge in [0.2, 0.25) is 5.91 Å². The summed E-state index contributed by atoms with van der Waals surface area (Å²) in [5, 5.41) is 5.75. The summed E-state index contributed by atoms with van der Waals surface area (Å²) in [7, 11) is 3.72. The van der Waals surface area contributed by atoms with Crippen LogP contribution in [0.5, 0.6) is 5.75 Å². The van der Waals surface area contributed by atoms with Crippen molar-refractivity contribution in [3.8, 4) is 5.75 Å². The molecule has 1 saturated heterocycles. The van der Waals surface area contributed by atoms with Gasteiger partial charge in [0.05, 0.1) is 7.11 Å². The summed E-state index contributed by atoms with van der Waals surface area (Å²) in [6, 6.07) is 14.9. The molecule has 0 aliphatic carbocycles. The fraction of sp³-hybridized carbons (Fsp3) is 0.391. The number of nitrogens with one attached hydrogen (secondary N) is 2. The van der Waals surface area contributed by atoms with Gasteiger partial charge in [-0.25, -0.2) is 0 Å². The molecule has 0 unspecified atom stereocenters.